The van der Waals surface area contributed by atoms with Crippen molar-refractivity contribution in [2.24, 2.45) is 5.14 Å². The highest BCUT2D eigenvalue weighted by molar-refractivity contribution is 7.99. The lowest BCUT2D eigenvalue weighted by Gasteiger charge is -2.08. The third-order valence-corrected chi connectivity index (χ3v) is 4.91. The molecular formula is C13H12ClNO2S2. The maximum absolute atomic E-state index is 11.5. The molecule has 0 aliphatic heterocycles. The Balaban J connectivity index is 2.27. The molecule has 6 heteroatoms. The van der Waals surface area contributed by atoms with Crippen LogP contribution in [0.1, 0.15) is 5.56 Å². The van der Waals surface area contributed by atoms with Crippen LogP contribution in [-0.2, 0) is 15.8 Å². The molecule has 0 fully saturated rings. The van der Waals surface area contributed by atoms with E-state index >= 15 is 0 Å². The molecule has 2 aromatic carbocycles. The number of primary sulfonamides is 1. The van der Waals surface area contributed by atoms with E-state index in [-0.39, 0.29) is 4.90 Å². The summed E-state index contributed by atoms with van der Waals surface area (Å²) in [5, 5.41) is 5.68. The van der Waals surface area contributed by atoms with Crippen LogP contribution in [0.2, 0.25) is 5.02 Å². The Labute approximate surface area is 121 Å². The Morgan fingerprint density at radius 3 is 2.42 bits per heavy atom. The van der Waals surface area contributed by atoms with Gasteiger partial charge in [0, 0.05) is 15.7 Å². The Morgan fingerprint density at radius 2 is 1.79 bits per heavy atom. The molecule has 0 aliphatic carbocycles. The summed E-state index contributed by atoms with van der Waals surface area (Å²) < 4.78 is 23.0. The van der Waals surface area contributed by atoms with E-state index in [9.17, 15) is 8.42 Å². The van der Waals surface area contributed by atoms with E-state index in [2.05, 4.69) is 0 Å². The third kappa shape index (κ3) is 3.98. The summed E-state index contributed by atoms with van der Waals surface area (Å²) in [6.45, 7) is 0. The fourth-order valence-electron chi connectivity index (χ4n) is 1.57. The van der Waals surface area contributed by atoms with Crippen LogP contribution < -0.4 is 5.14 Å². The first kappa shape index (κ1) is 14.4. The molecule has 0 atom stereocenters. The molecule has 0 bridgehead atoms. The van der Waals surface area contributed by atoms with Gasteiger partial charge in [0.05, 0.1) is 4.90 Å². The molecule has 0 aliphatic rings. The summed E-state index contributed by atoms with van der Waals surface area (Å²) in [6.07, 6.45) is 0. The molecule has 0 unspecified atom stereocenters. The Kier molecular flexibility index (Phi) is 4.52. The van der Waals surface area contributed by atoms with Crippen LogP contribution in [0.4, 0.5) is 0 Å². The van der Waals surface area contributed by atoms with Crippen molar-refractivity contribution in [2.45, 2.75) is 15.5 Å². The lowest BCUT2D eigenvalue weighted by Crippen LogP contribution is -2.13. The van der Waals surface area contributed by atoms with Gasteiger partial charge < -0.3 is 0 Å². The summed E-state index contributed by atoms with van der Waals surface area (Å²) in [5.74, 6) is 0.656. The van der Waals surface area contributed by atoms with Gasteiger partial charge in [-0.2, -0.15) is 0 Å². The van der Waals surface area contributed by atoms with Crippen LogP contribution in [0, 0.1) is 0 Å². The van der Waals surface area contributed by atoms with Gasteiger partial charge in [-0.05, 0) is 23.8 Å². The van der Waals surface area contributed by atoms with Crippen LogP contribution in [0.5, 0.6) is 0 Å². The van der Waals surface area contributed by atoms with Gasteiger partial charge in [0.15, 0.2) is 0 Å². The predicted molar refractivity (Wildman–Crippen MR) is 78.8 cm³/mol. The van der Waals surface area contributed by atoms with Crippen LogP contribution in [0.3, 0.4) is 0 Å². The molecular weight excluding hydrogens is 302 g/mol. The zero-order valence-corrected chi connectivity index (χ0v) is 12.3. The molecule has 0 radical (unpaired) electrons. The molecule has 0 saturated carbocycles. The van der Waals surface area contributed by atoms with E-state index in [1.54, 1.807) is 6.07 Å². The highest BCUT2D eigenvalue weighted by atomic mass is 35.5. The van der Waals surface area contributed by atoms with Crippen molar-refractivity contribution in [3.05, 3.63) is 59.1 Å². The van der Waals surface area contributed by atoms with Gasteiger partial charge >= 0.3 is 0 Å². The zero-order valence-electron chi connectivity index (χ0n) is 9.91. The van der Waals surface area contributed by atoms with E-state index in [4.69, 9.17) is 16.7 Å². The highest BCUT2D eigenvalue weighted by Crippen LogP contribution is 2.31. The Hall–Kier alpha value is -1.01. The average Bonchev–Trinajstić information content (AvgIpc) is 2.36. The Morgan fingerprint density at radius 1 is 1.11 bits per heavy atom. The van der Waals surface area contributed by atoms with E-state index < -0.39 is 10.0 Å². The minimum Gasteiger partial charge on any atom is -0.225 e. The molecule has 100 valence electrons. The second kappa shape index (κ2) is 5.96. The standard InChI is InChI=1S/C13H12ClNO2S2/c14-11-6-7-13(19(15,16)17)12(8-11)18-9-10-4-2-1-3-5-10/h1-8H,9H2,(H2,15,16,17). The van der Waals surface area contributed by atoms with Gasteiger partial charge in [-0.3, -0.25) is 0 Å². The van der Waals surface area contributed by atoms with E-state index in [0.717, 1.165) is 5.56 Å². The van der Waals surface area contributed by atoms with Gasteiger partial charge in [0.25, 0.3) is 0 Å². The van der Waals surface area contributed by atoms with Gasteiger partial charge in [-0.25, -0.2) is 13.6 Å². The molecule has 0 amide bonds. The maximum atomic E-state index is 11.5. The summed E-state index contributed by atoms with van der Waals surface area (Å²) in [4.78, 5) is 0.677. The van der Waals surface area contributed by atoms with Gasteiger partial charge in [-0.1, -0.05) is 41.9 Å². The first-order chi connectivity index (χ1) is 8.97. The molecule has 0 aromatic heterocycles. The van der Waals surface area contributed by atoms with Crippen molar-refractivity contribution in [2.75, 3.05) is 0 Å². The predicted octanol–water partition coefficient (Wildman–Crippen LogP) is 3.28. The first-order valence-corrected chi connectivity index (χ1v) is 8.37. The largest absolute Gasteiger partial charge is 0.239 e. The second-order valence-corrected chi connectivity index (χ2v) is 6.89. The van der Waals surface area contributed by atoms with Crippen LogP contribution >= 0.6 is 23.4 Å². The van der Waals surface area contributed by atoms with E-state index in [1.807, 2.05) is 30.3 Å². The second-order valence-electron chi connectivity index (χ2n) is 3.91. The summed E-state index contributed by atoms with van der Waals surface area (Å²) in [5.41, 5.74) is 1.10. The maximum Gasteiger partial charge on any atom is 0.239 e. The topological polar surface area (TPSA) is 60.2 Å². The fraction of sp³-hybridized carbons (Fsp3) is 0.0769. The summed E-state index contributed by atoms with van der Waals surface area (Å²) in [7, 11) is -3.73. The van der Waals surface area contributed by atoms with E-state index in [1.165, 1.54) is 23.9 Å². The molecule has 0 spiro atoms. The molecule has 2 aromatic rings. The number of thioether (sulfide) groups is 1. The average molecular weight is 314 g/mol. The van der Waals surface area contributed by atoms with Crippen molar-refractivity contribution in [1.82, 2.24) is 0 Å². The van der Waals surface area contributed by atoms with Crippen molar-refractivity contribution in [1.29, 1.82) is 0 Å². The minimum absolute atomic E-state index is 0.109. The molecule has 0 saturated heterocycles. The number of hydrogen-bond donors (Lipinski definition) is 1. The van der Waals surface area contributed by atoms with Gasteiger partial charge in [-0.15, -0.1) is 11.8 Å². The summed E-state index contributed by atoms with van der Waals surface area (Å²) in [6, 6.07) is 14.3. The molecule has 2 rings (SSSR count). The first-order valence-electron chi connectivity index (χ1n) is 5.46. The number of halogens is 1. The SMILES string of the molecule is NS(=O)(=O)c1ccc(Cl)cc1SCc1ccccc1. The number of rotatable bonds is 4. The normalized spacial score (nSPS) is 11.5. The van der Waals surface area contributed by atoms with E-state index in [0.29, 0.717) is 15.7 Å². The van der Waals surface area contributed by atoms with Crippen LogP contribution in [0.15, 0.2) is 58.3 Å². The van der Waals surface area contributed by atoms with Crippen molar-refractivity contribution < 1.29 is 8.42 Å². The quantitative estimate of drug-likeness (QED) is 0.881. The van der Waals surface area contributed by atoms with Gasteiger partial charge in [0.1, 0.15) is 0 Å². The molecule has 19 heavy (non-hydrogen) atoms. The molecule has 3 nitrogen and oxygen atoms in total. The lowest BCUT2D eigenvalue weighted by molar-refractivity contribution is 0.596. The number of sulfonamides is 1. The summed E-state index contributed by atoms with van der Waals surface area (Å²) >= 11 is 7.30. The van der Waals surface area contributed by atoms with Crippen molar-refractivity contribution >= 4 is 33.4 Å². The van der Waals surface area contributed by atoms with Crippen molar-refractivity contribution in [3.8, 4) is 0 Å². The zero-order chi connectivity index (χ0) is 13.9. The highest BCUT2D eigenvalue weighted by Gasteiger charge is 2.14. The number of benzene rings is 2. The molecule has 2 N–H and O–H groups in total. The number of hydrogen-bond acceptors (Lipinski definition) is 3. The minimum atomic E-state index is -3.73. The lowest BCUT2D eigenvalue weighted by atomic mass is 10.2. The van der Waals surface area contributed by atoms with Crippen LogP contribution in [0.25, 0.3) is 0 Å². The monoisotopic (exact) mass is 313 g/mol. The smallest absolute Gasteiger partial charge is 0.225 e. The Bertz CT molecular complexity index is 672. The van der Waals surface area contributed by atoms with Crippen LogP contribution in [-0.4, -0.2) is 8.42 Å². The molecule has 0 heterocycles. The van der Waals surface area contributed by atoms with Crippen molar-refractivity contribution in [3.63, 3.8) is 0 Å². The fourth-order valence-corrected chi connectivity index (χ4v) is 3.86. The van der Waals surface area contributed by atoms with Gasteiger partial charge in [0.2, 0.25) is 10.0 Å². The number of nitrogens with two attached hydrogens (primary N) is 1. The third-order valence-electron chi connectivity index (χ3n) is 2.45.